The predicted molar refractivity (Wildman–Crippen MR) is 133 cm³/mol. The fourth-order valence-corrected chi connectivity index (χ4v) is 4.91. The number of alkyl halides is 4. The van der Waals surface area contributed by atoms with Crippen LogP contribution in [0.5, 0.6) is 17.2 Å². The molecule has 2 aromatic rings. The van der Waals surface area contributed by atoms with Crippen molar-refractivity contribution in [2.75, 3.05) is 13.2 Å². The molecule has 0 aromatic heterocycles. The summed E-state index contributed by atoms with van der Waals surface area (Å²) in [5.41, 5.74) is -1.41. The summed E-state index contributed by atoms with van der Waals surface area (Å²) in [5, 5.41) is 0. The summed E-state index contributed by atoms with van der Waals surface area (Å²) in [6.07, 6.45) is 0.538. The summed E-state index contributed by atoms with van der Waals surface area (Å²) in [7, 11) is 0. The van der Waals surface area contributed by atoms with Gasteiger partial charge in [0, 0.05) is 0 Å². The number of unbranched alkanes of at least 4 members (excludes halogenated alkanes) is 2. The topological polar surface area (TPSA) is 27.7 Å². The first-order valence-corrected chi connectivity index (χ1v) is 13.6. The molecule has 3 nitrogen and oxygen atoms in total. The molecule has 0 heterocycles. The van der Waals surface area contributed by atoms with Crippen LogP contribution in [0.2, 0.25) is 0 Å². The monoisotopic (exact) mass is 582 g/mol. The van der Waals surface area contributed by atoms with E-state index in [4.69, 9.17) is 9.47 Å². The minimum atomic E-state index is -4.03. The summed E-state index contributed by atoms with van der Waals surface area (Å²) >= 11 is 0. The molecule has 0 saturated heterocycles. The van der Waals surface area contributed by atoms with Gasteiger partial charge in [-0.25, -0.2) is 13.2 Å². The second kappa shape index (κ2) is 13.8. The molecule has 1 aliphatic rings. The van der Waals surface area contributed by atoms with Crippen LogP contribution in [0.15, 0.2) is 24.3 Å². The van der Waals surface area contributed by atoms with Crippen molar-refractivity contribution in [3.05, 3.63) is 53.1 Å². The van der Waals surface area contributed by atoms with E-state index in [1.54, 1.807) is 6.92 Å². The molecule has 3 rings (SSSR count). The van der Waals surface area contributed by atoms with Gasteiger partial charge in [0.2, 0.25) is 17.5 Å². The quantitative estimate of drug-likeness (QED) is 0.164. The van der Waals surface area contributed by atoms with Gasteiger partial charge in [-0.05, 0) is 62.8 Å². The number of halogens is 8. The Labute approximate surface area is 228 Å². The van der Waals surface area contributed by atoms with Crippen LogP contribution in [0.1, 0.15) is 77.2 Å². The Morgan fingerprint density at radius 1 is 0.725 bits per heavy atom. The van der Waals surface area contributed by atoms with Gasteiger partial charge in [0.25, 0.3) is 5.92 Å². The van der Waals surface area contributed by atoms with Crippen LogP contribution in [-0.2, 0) is 5.92 Å². The molecule has 0 bridgehead atoms. The van der Waals surface area contributed by atoms with Crippen molar-refractivity contribution in [3.63, 3.8) is 0 Å². The molecular formula is C29H34F8O3. The Morgan fingerprint density at radius 2 is 1.30 bits per heavy atom. The zero-order valence-corrected chi connectivity index (χ0v) is 22.5. The molecule has 2 aromatic carbocycles. The van der Waals surface area contributed by atoms with Gasteiger partial charge in [-0.3, -0.25) is 0 Å². The lowest BCUT2D eigenvalue weighted by Gasteiger charge is -2.33. The maximum absolute atomic E-state index is 14.8. The summed E-state index contributed by atoms with van der Waals surface area (Å²) in [5.74, 6) is -14.0. The smallest absolute Gasteiger partial charge is 0.400 e. The molecule has 0 spiro atoms. The highest BCUT2D eigenvalue weighted by Crippen LogP contribution is 2.43. The fourth-order valence-electron chi connectivity index (χ4n) is 4.91. The van der Waals surface area contributed by atoms with Crippen molar-refractivity contribution in [2.45, 2.75) is 83.7 Å². The van der Waals surface area contributed by atoms with Crippen molar-refractivity contribution >= 4 is 0 Å². The SMILES string of the molecule is CCCCCC1CCC(C(F)(F)Oc2ccc(C(F)(F)CCOc3ccc(OCC)c(F)c3F)c(F)c2F)CC1. The summed E-state index contributed by atoms with van der Waals surface area (Å²) < 4.78 is 131. The maximum atomic E-state index is 14.8. The highest BCUT2D eigenvalue weighted by Gasteiger charge is 2.45. The Balaban J connectivity index is 1.62. The molecule has 224 valence electrons. The maximum Gasteiger partial charge on any atom is 0.400 e. The summed E-state index contributed by atoms with van der Waals surface area (Å²) in [4.78, 5) is 0. The highest BCUT2D eigenvalue weighted by molar-refractivity contribution is 5.35. The van der Waals surface area contributed by atoms with Gasteiger partial charge in [-0.15, -0.1) is 0 Å². The molecular weight excluding hydrogens is 548 g/mol. The van der Waals surface area contributed by atoms with Crippen LogP contribution in [0.4, 0.5) is 35.1 Å². The zero-order valence-electron chi connectivity index (χ0n) is 22.5. The van der Waals surface area contributed by atoms with Gasteiger partial charge in [-0.1, -0.05) is 32.6 Å². The minimum absolute atomic E-state index is 0.0621. The van der Waals surface area contributed by atoms with Gasteiger partial charge in [0.15, 0.2) is 23.1 Å². The molecule has 1 aliphatic carbocycles. The van der Waals surface area contributed by atoms with E-state index in [1.807, 2.05) is 0 Å². The number of ether oxygens (including phenoxy) is 3. The number of hydrogen-bond donors (Lipinski definition) is 0. The van der Waals surface area contributed by atoms with Gasteiger partial charge in [-0.2, -0.15) is 22.0 Å². The van der Waals surface area contributed by atoms with Crippen LogP contribution in [0, 0.1) is 35.1 Å². The Morgan fingerprint density at radius 3 is 1.90 bits per heavy atom. The normalized spacial score (nSPS) is 18.1. The van der Waals surface area contributed by atoms with Crippen LogP contribution >= 0.6 is 0 Å². The van der Waals surface area contributed by atoms with E-state index in [-0.39, 0.29) is 19.4 Å². The molecule has 11 heteroatoms. The van der Waals surface area contributed by atoms with E-state index in [2.05, 4.69) is 11.7 Å². The van der Waals surface area contributed by atoms with E-state index in [0.29, 0.717) is 30.9 Å². The molecule has 40 heavy (non-hydrogen) atoms. The summed E-state index contributed by atoms with van der Waals surface area (Å²) in [6, 6.07) is 3.03. The summed E-state index contributed by atoms with van der Waals surface area (Å²) in [6.45, 7) is 2.80. The molecule has 0 N–H and O–H groups in total. The van der Waals surface area contributed by atoms with Crippen LogP contribution in [0.25, 0.3) is 0 Å². The van der Waals surface area contributed by atoms with Crippen LogP contribution in [-0.4, -0.2) is 19.3 Å². The first kappa shape index (κ1) is 31.8. The van der Waals surface area contributed by atoms with E-state index in [0.717, 1.165) is 37.8 Å². The third-order valence-corrected chi connectivity index (χ3v) is 7.21. The Hall–Kier alpha value is -2.72. The van der Waals surface area contributed by atoms with Crippen LogP contribution in [0.3, 0.4) is 0 Å². The average Bonchev–Trinajstić information content (AvgIpc) is 2.91. The number of hydrogen-bond acceptors (Lipinski definition) is 3. The lowest BCUT2D eigenvalue weighted by molar-refractivity contribution is -0.224. The average molecular weight is 583 g/mol. The molecule has 0 radical (unpaired) electrons. The molecule has 1 fully saturated rings. The number of benzene rings is 2. The van der Waals surface area contributed by atoms with Crippen molar-refractivity contribution < 1.29 is 49.3 Å². The first-order valence-electron chi connectivity index (χ1n) is 13.6. The lowest BCUT2D eigenvalue weighted by Crippen LogP contribution is -2.37. The van der Waals surface area contributed by atoms with E-state index >= 15 is 0 Å². The van der Waals surface area contributed by atoms with Gasteiger partial charge in [0.05, 0.1) is 31.1 Å². The van der Waals surface area contributed by atoms with E-state index in [9.17, 15) is 35.1 Å². The Bertz CT molecular complexity index is 1120. The van der Waals surface area contributed by atoms with E-state index in [1.165, 1.54) is 0 Å². The standard InChI is InChI=1S/C29H34F8O3/c1-3-5-6-7-18-8-10-19(11-9-18)29(36,37)40-23-13-12-20(24(30)27(23)33)28(34,35)16-17-39-22-15-14-21(38-4-2)25(31)26(22)32/h12-15,18-19H,3-11,16-17H2,1-2H3. The first-order chi connectivity index (χ1) is 18.9. The van der Waals surface area contributed by atoms with E-state index < -0.39 is 77.1 Å². The second-order valence-corrected chi connectivity index (χ2v) is 10.0. The minimum Gasteiger partial charge on any atom is -0.491 e. The molecule has 0 amide bonds. The second-order valence-electron chi connectivity index (χ2n) is 10.0. The van der Waals surface area contributed by atoms with Gasteiger partial charge >= 0.3 is 6.11 Å². The fraction of sp³-hybridized carbons (Fsp3) is 0.586. The largest absolute Gasteiger partial charge is 0.491 e. The molecule has 0 aliphatic heterocycles. The van der Waals surface area contributed by atoms with Crippen molar-refractivity contribution in [1.82, 2.24) is 0 Å². The molecule has 0 atom stereocenters. The third-order valence-electron chi connectivity index (χ3n) is 7.21. The van der Waals surface area contributed by atoms with Crippen LogP contribution < -0.4 is 14.2 Å². The highest BCUT2D eigenvalue weighted by atomic mass is 19.3. The van der Waals surface area contributed by atoms with Crippen molar-refractivity contribution in [2.24, 2.45) is 11.8 Å². The van der Waals surface area contributed by atoms with Crippen molar-refractivity contribution in [3.8, 4) is 17.2 Å². The third kappa shape index (κ3) is 7.72. The predicted octanol–water partition coefficient (Wildman–Crippen LogP) is 9.56. The van der Waals surface area contributed by atoms with Gasteiger partial charge < -0.3 is 14.2 Å². The van der Waals surface area contributed by atoms with Crippen molar-refractivity contribution in [1.29, 1.82) is 0 Å². The number of rotatable bonds is 14. The molecule has 0 unspecified atom stereocenters. The lowest BCUT2D eigenvalue weighted by atomic mass is 9.79. The Kier molecular flexibility index (Phi) is 10.9. The molecule has 1 saturated carbocycles. The van der Waals surface area contributed by atoms with Gasteiger partial charge in [0.1, 0.15) is 0 Å². The zero-order chi connectivity index (χ0) is 29.5.